The molecule has 1 saturated heterocycles. The van der Waals surface area contributed by atoms with E-state index in [1.54, 1.807) is 11.0 Å². The van der Waals surface area contributed by atoms with Crippen molar-refractivity contribution in [3.8, 4) is 0 Å². The third-order valence-electron chi connectivity index (χ3n) is 3.47. The number of hydrogen-bond donors (Lipinski definition) is 1. The van der Waals surface area contributed by atoms with Crippen LogP contribution in [0, 0.1) is 11.7 Å². The molecule has 1 aromatic carbocycles. The first-order valence-corrected chi connectivity index (χ1v) is 7.38. The Morgan fingerprint density at radius 1 is 1.43 bits per heavy atom. The van der Waals surface area contributed by atoms with E-state index in [1.165, 1.54) is 12.1 Å². The molecule has 116 valence electrons. The number of carbonyl (C=O) groups excluding carboxylic acids is 1. The Hall–Kier alpha value is -1.46. The number of nitrogens with zero attached hydrogens (tertiary/aromatic N) is 1. The number of carbonyl (C=O) groups is 1. The van der Waals surface area contributed by atoms with Gasteiger partial charge in [0, 0.05) is 13.2 Å². The number of halogens is 1. The van der Waals surface area contributed by atoms with Gasteiger partial charge < -0.3 is 9.64 Å². The monoisotopic (exact) mass is 294 g/mol. The molecule has 0 spiro atoms. The molecule has 0 bridgehead atoms. The van der Waals surface area contributed by atoms with Gasteiger partial charge in [-0.15, -0.1) is 0 Å². The SMILES string of the molecule is CC(C)COCCN1C(=O)C(C)NC1c1cccc(F)c1. The van der Waals surface area contributed by atoms with Crippen molar-refractivity contribution >= 4 is 5.91 Å². The summed E-state index contributed by atoms with van der Waals surface area (Å²) in [5, 5.41) is 3.20. The lowest BCUT2D eigenvalue weighted by Crippen LogP contribution is -2.34. The summed E-state index contributed by atoms with van der Waals surface area (Å²) in [5.41, 5.74) is 0.761. The number of benzene rings is 1. The zero-order valence-electron chi connectivity index (χ0n) is 12.8. The van der Waals surface area contributed by atoms with Crippen molar-refractivity contribution in [2.75, 3.05) is 19.8 Å². The Balaban J connectivity index is 2.03. The maximum absolute atomic E-state index is 13.4. The van der Waals surface area contributed by atoms with Gasteiger partial charge >= 0.3 is 0 Å². The van der Waals surface area contributed by atoms with Crippen LogP contribution in [0.5, 0.6) is 0 Å². The van der Waals surface area contributed by atoms with Gasteiger partial charge in [0.1, 0.15) is 12.0 Å². The van der Waals surface area contributed by atoms with Crippen LogP contribution in [-0.4, -0.2) is 36.6 Å². The first-order chi connectivity index (χ1) is 9.99. The molecule has 5 heteroatoms. The summed E-state index contributed by atoms with van der Waals surface area (Å²) >= 11 is 0. The van der Waals surface area contributed by atoms with Crippen LogP contribution in [0.1, 0.15) is 32.5 Å². The van der Waals surface area contributed by atoms with Gasteiger partial charge in [-0.2, -0.15) is 0 Å². The van der Waals surface area contributed by atoms with Gasteiger partial charge in [-0.05, 0) is 30.5 Å². The third-order valence-corrected chi connectivity index (χ3v) is 3.47. The van der Waals surface area contributed by atoms with Crippen molar-refractivity contribution < 1.29 is 13.9 Å². The van der Waals surface area contributed by atoms with Gasteiger partial charge in [-0.1, -0.05) is 26.0 Å². The first kappa shape index (κ1) is 15.9. The predicted molar refractivity (Wildman–Crippen MR) is 79.1 cm³/mol. The zero-order chi connectivity index (χ0) is 15.4. The number of amides is 1. The molecule has 1 amide bonds. The van der Waals surface area contributed by atoms with E-state index in [4.69, 9.17) is 4.74 Å². The van der Waals surface area contributed by atoms with Crippen LogP contribution < -0.4 is 5.32 Å². The van der Waals surface area contributed by atoms with Gasteiger partial charge in [-0.25, -0.2) is 4.39 Å². The summed E-state index contributed by atoms with van der Waals surface area (Å²) in [6.07, 6.45) is -0.286. The standard InChI is InChI=1S/C16H23FN2O2/c1-11(2)10-21-8-7-19-15(18-12(3)16(19)20)13-5-4-6-14(17)9-13/h4-6,9,11-12,15,18H,7-8,10H2,1-3H3. The summed E-state index contributed by atoms with van der Waals surface area (Å²) in [6, 6.07) is 6.09. The van der Waals surface area contributed by atoms with E-state index in [9.17, 15) is 9.18 Å². The number of ether oxygens (including phenoxy) is 1. The van der Waals surface area contributed by atoms with Gasteiger partial charge in [-0.3, -0.25) is 10.1 Å². The molecular weight excluding hydrogens is 271 g/mol. The highest BCUT2D eigenvalue weighted by Crippen LogP contribution is 2.25. The lowest BCUT2D eigenvalue weighted by Gasteiger charge is -2.24. The fraction of sp³-hybridized carbons (Fsp3) is 0.562. The number of nitrogens with one attached hydrogen (secondary N) is 1. The lowest BCUT2D eigenvalue weighted by atomic mass is 10.1. The molecule has 1 aromatic rings. The fourth-order valence-electron chi connectivity index (χ4n) is 2.45. The second-order valence-electron chi connectivity index (χ2n) is 5.85. The quantitative estimate of drug-likeness (QED) is 0.819. The molecule has 1 N–H and O–H groups in total. The highest BCUT2D eigenvalue weighted by molar-refractivity contribution is 5.84. The van der Waals surface area contributed by atoms with Crippen molar-refractivity contribution in [1.82, 2.24) is 10.2 Å². The van der Waals surface area contributed by atoms with E-state index in [1.807, 2.05) is 13.0 Å². The third kappa shape index (κ3) is 4.02. The van der Waals surface area contributed by atoms with Crippen LogP contribution in [-0.2, 0) is 9.53 Å². The Morgan fingerprint density at radius 3 is 2.86 bits per heavy atom. The first-order valence-electron chi connectivity index (χ1n) is 7.38. The van der Waals surface area contributed by atoms with E-state index in [-0.39, 0.29) is 23.9 Å². The lowest BCUT2D eigenvalue weighted by molar-refractivity contribution is -0.130. The van der Waals surface area contributed by atoms with Crippen molar-refractivity contribution in [2.24, 2.45) is 5.92 Å². The van der Waals surface area contributed by atoms with Gasteiger partial charge in [0.15, 0.2) is 0 Å². The van der Waals surface area contributed by atoms with Crippen LogP contribution in [0.2, 0.25) is 0 Å². The molecule has 4 nitrogen and oxygen atoms in total. The average molecular weight is 294 g/mol. The van der Waals surface area contributed by atoms with Crippen LogP contribution in [0.4, 0.5) is 4.39 Å². The summed E-state index contributed by atoms with van der Waals surface area (Å²) in [5.74, 6) is 0.199. The number of hydrogen-bond acceptors (Lipinski definition) is 3. The van der Waals surface area contributed by atoms with Crippen LogP contribution in [0.3, 0.4) is 0 Å². The molecular formula is C16H23FN2O2. The fourth-order valence-corrected chi connectivity index (χ4v) is 2.45. The largest absolute Gasteiger partial charge is 0.379 e. The van der Waals surface area contributed by atoms with E-state index >= 15 is 0 Å². The van der Waals surface area contributed by atoms with Crippen LogP contribution in [0.25, 0.3) is 0 Å². The molecule has 0 aliphatic carbocycles. The molecule has 1 heterocycles. The molecule has 1 fully saturated rings. The van der Waals surface area contributed by atoms with Gasteiger partial charge in [0.05, 0.1) is 12.6 Å². The molecule has 2 atom stereocenters. The Kier molecular flexibility index (Phi) is 5.31. The molecule has 0 radical (unpaired) electrons. The summed E-state index contributed by atoms with van der Waals surface area (Å²) in [7, 11) is 0. The molecule has 2 rings (SSSR count). The minimum atomic E-state index is -0.294. The van der Waals surface area contributed by atoms with Crippen molar-refractivity contribution in [3.05, 3.63) is 35.6 Å². The van der Waals surface area contributed by atoms with Crippen molar-refractivity contribution in [2.45, 2.75) is 33.0 Å². The van der Waals surface area contributed by atoms with Gasteiger partial charge in [0.2, 0.25) is 5.91 Å². The average Bonchev–Trinajstić information content (AvgIpc) is 2.71. The molecule has 21 heavy (non-hydrogen) atoms. The van der Waals surface area contributed by atoms with Gasteiger partial charge in [0.25, 0.3) is 0 Å². The molecule has 1 aliphatic heterocycles. The molecule has 0 aromatic heterocycles. The smallest absolute Gasteiger partial charge is 0.241 e. The highest BCUT2D eigenvalue weighted by Gasteiger charge is 2.36. The Labute approximate surface area is 125 Å². The zero-order valence-corrected chi connectivity index (χ0v) is 12.8. The predicted octanol–water partition coefficient (Wildman–Crippen LogP) is 2.32. The molecule has 1 aliphatic rings. The van der Waals surface area contributed by atoms with E-state index in [0.29, 0.717) is 25.7 Å². The van der Waals surface area contributed by atoms with Crippen molar-refractivity contribution in [1.29, 1.82) is 0 Å². The topological polar surface area (TPSA) is 41.6 Å². The molecule has 2 unspecified atom stereocenters. The van der Waals surface area contributed by atoms with Crippen LogP contribution >= 0.6 is 0 Å². The summed E-state index contributed by atoms with van der Waals surface area (Å²) < 4.78 is 18.9. The van der Waals surface area contributed by atoms with E-state index in [0.717, 1.165) is 5.56 Å². The maximum atomic E-state index is 13.4. The minimum Gasteiger partial charge on any atom is -0.379 e. The summed E-state index contributed by atoms with van der Waals surface area (Å²) in [4.78, 5) is 13.9. The van der Waals surface area contributed by atoms with Crippen molar-refractivity contribution in [3.63, 3.8) is 0 Å². The normalized spacial score (nSPS) is 22.3. The molecule has 0 saturated carbocycles. The maximum Gasteiger partial charge on any atom is 0.241 e. The minimum absolute atomic E-state index is 0.0254. The van der Waals surface area contributed by atoms with E-state index < -0.39 is 0 Å². The van der Waals surface area contributed by atoms with Crippen LogP contribution in [0.15, 0.2) is 24.3 Å². The second kappa shape index (κ2) is 7.00. The Bertz CT molecular complexity index is 493. The summed E-state index contributed by atoms with van der Waals surface area (Å²) in [6.45, 7) is 7.66. The Morgan fingerprint density at radius 2 is 2.19 bits per heavy atom. The number of rotatable bonds is 6. The van der Waals surface area contributed by atoms with E-state index in [2.05, 4.69) is 19.2 Å². The highest BCUT2D eigenvalue weighted by atomic mass is 19.1. The second-order valence-corrected chi connectivity index (χ2v) is 5.85.